The van der Waals surface area contributed by atoms with E-state index in [0.717, 1.165) is 57.3 Å². The highest BCUT2D eigenvalue weighted by molar-refractivity contribution is 7.26. The fraction of sp³-hybridized carbons (Fsp3) is 0.0600. The Labute approximate surface area is 311 Å². The smallest absolute Gasteiger partial charge is 0.136 e. The van der Waals surface area contributed by atoms with Gasteiger partial charge in [-0.2, -0.15) is 0 Å². The first kappa shape index (κ1) is 30.3. The SMILES string of the molecule is C1=C(c2cccc3c2sc2ccccc23)N=C(c2cccc3oc4cc(-c5ccc6ccccc6c5)ccc4c23)CC(c2ccc3ccccc3c2)C1. The summed E-state index contributed by atoms with van der Waals surface area (Å²) in [6.07, 6.45) is 4.11. The molecule has 0 saturated carbocycles. The summed E-state index contributed by atoms with van der Waals surface area (Å²) in [5.74, 6) is 0.269. The maximum absolute atomic E-state index is 6.66. The van der Waals surface area contributed by atoms with Gasteiger partial charge in [0.15, 0.2) is 0 Å². The van der Waals surface area contributed by atoms with Crippen LogP contribution >= 0.6 is 11.3 Å². The van der Waals surface area contributed by atoms with Crippen LogP contribution in [0.25, 0.3) is 80.5 Å². The van der Waals surface area contributed by atoms with Crippen molar-refractivity contribution in [3.8, 4) is 11.1 Å². The molecule has 0 spiro atoms. The number of rotatable bonds is 4. The summed E-state index contributed by atoms with van der Waals surface area (Å²) in [5, 5.41) is 9.87. The fourth-order valence-electron chi connectivity index (χ4n) is 8.43. The van der Waals surface area contributed by atoms with Gasteiger partial charge in [0, 0.05) is 47.8 Å². The van der Waals surface area contributed by atoms with Crippen LogP contribution < -0.4 is 0 Å². The summed E-state index contributed by atoms with van der Waals surface area (Å²) >= 11 is 1.87. The van der Waals surface area contributed by atoms with E-state index in [4.69, 9.17) is 9.41 Å². The first-order chi connectivity index (χ1) is 26.2. The standard InChI is InChI=1S/C50H33NOS/c1-3-11-33-27-35(21-19-31(33)9-1)37-24-26-44(42-16-7-14-40-39-13-5-6-18-48(39)53-50(40)42)51-45(29-37)41-15-8-17-46-49(41)43-25-23-38(30-47(43)52-46)36-22-20-32-10-2-4-12-34(32)28-36/h1-23,25-28,30,37H,24,29H2. The molecular formula is C50H33NOS. The third-order valence-electron chi connectivity index (χ3n) is 11.1. The molecule has 3 heterocycles. The molecule has 11 rings (SSSR count). The summed E-state index contributed by atoms with van der Waals surface area (Å²) in [6, 6.07) is 59.4. The van der Waals surface area contributed by atoms with Gasteiger partial charge in [-0.25, -0.2) is 0 Å². The minimum Gasteiger partial charge on any atom is -0.456 e. The van der Waals surface area contributed by atoms with Crippen molar-refractivity contribution >= 4 is 86.4 Å². The zero-order valence-electron chi connectivity index (χ0n) is 28.9. The van der Waals surface area contributed by atoms with Crippen molar-refractivity contribution in [2.75, 3.05) is 0 Å². The Hall–Kier alpha value is -6.29. The van der Waals surface area contributed by atoms with E-state index in [9.17, 15) is 0 Å². The molecule has 0 aliphatic carbocycles. The molecule has 0 radical (unpaired) electrons. The zero-order chi connectivity index (χ0) is 34.9. The van der Waals surface area contributed by atoms with Gasteiger partial charge in [0.1, 0.15) is 11.2 Å². The summed E-state index contributed by atoms with van der Waals surface area (Å²) in [7, 11) is 0. The molecule has 2 aromatic heterocycles. The number of hydrogen-bond donors (Lipinski definition) is 0. The molecule has 2 nitrogen and oxygen atoms in total. The molecule has 0 N–H and O–H groups in total. The summed E-state index contributed by atoms with van der Waals surface area (Å²) in [5.41, 5.74) is 9.94. The van der Waals surface area contributed by atoms with Crippen LogP contribution in [0.3, 0.4) is 0 Å². The molecule has 0 saturated heterocycles. The molecule has 0 bridgehead atoms. The highest BCUT2D eigenvalue weighted by Crippen LogP contribution is 2.42. The number of aliphatic imine (C=N–C) groups is 1. The second-order valence-electron chi connectivity index (χ2n) is 14.2. The highest BCUT2D eigenvalue weighted by atomic mass is 32.1. The summed E-state index contributed by atoms with van der Waals surface area (Å²) in [6.45, 7) is 0. The number of fused-ring (bicyclic) bond motifs is 8. The monoisotopic (exact) mass is 695 g/mol. The quantitative estimate of drug-likeness (QED) is 0.180. The fourth-order valence-corrected chi connectivity index (χ4v) is 9.65. The van der Waals surface area contributed by atoms with Crippen LogP contribution in [0.15, 0.2) is 179 Å². The molecule has 1 unspecified atom stereocenters. The van der Waals surface area contributed by atoms with Gasteiger partial charge in [-0.1, -0.05) is 140 Å². The zero-order valence-corrected chi connectivity index (χ0v) is 29.7. The van der Waals surface area contributed by atoms with Crippen molar-refractivity contribution in [3.63, 3.8) is 0 Å². The molecule has 1 aliphatic heterocycles. The van der Waals surface area contributed by atoms with Crippen LogP contribution in [0.2, 0.25) is 0 Å². The maximum atomic E-state index is 6.66. The second-order valence-corrected chi connectivity index (χ2v) is 15.3. The van der Waals surface area contributed by atoms with Gasteiger partial charge in [0.25, 0.3) is 0 Å². The van der Waals surface area contributed by atoms with E-state index in [-0.39, 0.29) is 5.92 Å². The summed E-state index contributed by atoms with van der Waals surface area (Å²) in [4.78, 5) is 5.65. The summed E-state index contributed by atoms with van der Waals surface area (Å²) < 4.78 is 9.26. The molecule has 250 valence electrons. The van der Waals surface area contributed by atoms with Crippen molar-refractivity contribution in [2.45, 2.75) is 18.8 Å². The van der Waals surface area contributed by atoms with Crippen molar-refractivity contribution < 1.29 is 4.42 Å². The van der Waals surface area contributed by atoms with Crippen LogP contribution in [0.4, 0.5) is 0 Å². The molecule has 3 heteroatoms. The maximum Gasteiger partial charge on any atom is 0.136 e. The van der Waals surface area contributed by atoms with Crippen LogP contribution in [0.1, 0.15) is 35.4 Å². The minimum atomic E-state index is 0.269. The number of furan rings is 1. The molecular weight excluding hydrogens is 663 g/mol. The first-order valence-electron chi connectivity index (χ1n) is 18.4. The van der Waals surface area contributed by atoms with Gasteiger partial charge in [-0.05, 0) is 87.3 Å². The van der Waals surface area contributed by atoms with Crippen molar-refractivity contribution in [1.82, 2.24) is 0 Å². The molecule has 0 amide bonds. The van der Waals surface area contributed by atoms with Crippen LogP contribution in [-0.4, -0.2) is 5.71 Å². The van der Waals surface area contributed by atoms with Gasteiger partial charge >= 0.3 is 0 Å². The van der Waals surface area contributed by atoms with Crippen LogP contribution in [0.5, 0.6) is 0 Å². The second kappa shape index (κ2) is 12.2. The normalized spacial score (nSPS) is 15.1. The molecule has 53 heavy (non-hydrogen) atoms. The average molecular weight is 696 g/mol. The van der Waals surface area contributed by atoms with Crippen molar-refractivity contribution in [2.24, 2.45) is 4.99 Å². The number of hydrogen-bond acceptors (Lipinski definition) is 3. The Balaban J connectivity index is 1.08. The number of benzene rings is 8. The number of thiophene rings is 1. The number of nitrogens with zero attached hydrogens (tertiary/aromatic N) is 1. The van der Waals surface area contributed by atoms with Crippen molar-refractivity contribution in [1.29, 1.82) is 0 Å². The van der Waals surface area contributed by atoms with E-state index >= 15 is 0 Å². The van der Waals surface area contributed by atoms with Gasteiger partial charge in [0.2, 0.25) is 0 Å². The van der Waals surface area contributed by atoms with Gasteiger partial charge in [-0.15, -0.1) is 11.3 Å². The lowest BCUT2D eigenvalue weighted by molar-refractivity contribution is 0.669. The Morgan fingerprint density at radius 3 is 2.11 bits per heavy atom. The largest absolute Gasteiger partial charge is 0.456 e. The molecule has 1 atom stereocenters. The van der Waals surface area contributed by atoms with E-state index in [0.29, 0.717) is 0 Å². The lowest BCUT2D eigenvalue weighted by atomic mass is 9.87. The third-order valence-corrected chi connectivity index (χ3v) is 12.3. The Kier molecular flexibility index (Phi) is 6.96. The van der Waals surface area contributed by atoms with E-state index in [1.165, 1.54) is 58.4 Å². The molecule has 8 aromatic carbocycles. The van der Waals surface area contributed by atoms with Crippen LogP contribution in [-0.2, 0) is 0 Å². The number of allylic oxidation sites excluding steroid dienone is 1. The minimum absolute atomic E-state index is 0.269. The first-order valence-corrected chi connectivity index (χ1v) is 19.2. The lowest BCUT2D eigenvalue weighted by Crippen LogP contribution is -2.08. The van der Waals surface area contributed by atoms with E-state index in [1.54, 1.807) is 0 Å². The van der Waals surface area contributed by atoms with Gasteiger partial charge < -0.3 is 4.42 Å². The topological polar surface area (TPSA) is 25.5 Å². The molecule has 1 aliphatic rings. The van der Waals surface area contributed by atoms with Gasteiger partial charge in [-0.3, -0.25) is 4.99 Å². The Morgan fingerprint density at radius 2 is 1.23 bits per heavy atom. The predicted octanol–water partition coefficient (Wildman–Crippen LogP) is 14.3. The van der Waals surface area contributed by atoms with Crippen LogP contribution in [0, 0.1) is 0 Å². The Bertz CT molecular complexity index is 3140. The van der Waals surface area contributed by atoms with Crippen molar-refractivity contribution in [3.05, 3.63) is 187 Å². The molecule has 10 aromatic rings. The molecule has 0 fully saturated rings. The van der Waals surface area contributed by atoms with E-state index in [2.05, 4.69) is 170 Å². The average Bonchev–Trinajstić information content (AvgIpc) is 3.70. The third kappa shape index (κ3) is 5.11. The predicted molar refractivity (Wildman–Crippen MR) is 226 cm³/mol. The van der Waals surface area contributed by atoms with Gasteiger partial charge in [0.05, 0.1) is 5.70 Å². The van der Waals surface area contributed by atoms with E-state index in [1.807, 2.05) is 11.3 Å². The Morgan fingerprint density at radius 1 is 0.528 bits per heavy atom. The van der Waals surface area contributed by atoms with E-state index < -0.39 is 0 Å². The highest BCUT2D eigenvalue weighted by Gasteiger charge is 2.24. The lowest BCUT2D eigenvalue weighted by Gasteiger charge is -2.17.